The summed E-state index contributed by atoms with van der Waals surface area (Å²) in [5, 5.41) is 0. The molecule has 0 spiro atoms. The average molecular weight is 366 g/mol. The van der Waals surface area contributed by atoms with Gasteiger partial charge in [-0.25, -0.2) is 8.42 Å². The van der Waals surface area contributed by atoms with Crippen LogP contribution in [0.1, 0.15) is 49.4 Å². The van der Waals surface area contributed by atoms with Crippen LogP contribution >= 0.6 is 0 Å². The van der Waals surface area contributed by atoms with Crippen LogP contribution in [0.15, 0.2) is 29.2 Å². The van der Waals surface area contributed by atoms with Gasteiger partial charge in [0.05, 0.1) is 12.0 Å². The molecule has 1 N–H and O–H groups in total. The van der Waals surface area contributed by atoms with Crippen molar-refractivity contribution in [3.05, 3.63) is 29.8 Å². The van der Waals surface area contributed by atoms with Crippen molar-refractivity contribution in [1.29, 1.82) is 0 Å². The number of carbonyl (C=O) groups excluding carboxylic acids is 1. The van der Waals surface area contributed by atoms with Crippen LogP contribution in [0.2, 0.25) is 0 Å². The summed E-state index contributed by atoms with van der Waals surface area (Å²) in [7, 11) is -2.46. The Balaban J connectivity index is 1.78. The maximum atomic E-state index is 13.0. The molecule has 1 saturated heterocycles. The minimum atomic E-state index is -3.70. The van der Waals surface area contributed by atoms with Crippen LogP contribution < -0.4 is 4.89 Å². The molecule has 3 atom stereocenters. The number of hydrogen-bond acceptors (Lipinski definition) is 4. The van der Waals surface area contributed by atoms with E-state index in [1.165, 1.54) is 38.5 Å². The molecule has 0 radical (unpaired) electrons. The molecular weight excluding hydrogens is 340 g/mol. The zero-order valence-corrected chi connectivity index (χ0v) is 15.6. The average Bonchev–Trinajstić information content (AvgIpc) is 2.62. The number of sulfonamides is 1. The Morgan fingerprint density at radius 3 is 2.52 bits per heavy atom. The predicted octanol–water partition coefficient (Wildman–Crippen LogP) is 2.57. The van der Waals surface area contributed by atoms with Crippen molar-refractivity contribution in [2.75, 3.05) is 13.7 Å². The third kappa shape index (κ3) is 3.73. The SMILES string of the molecule is CONS(=O)(=O)c1ccc(C(=O)N2CC[C@H](C)[C@H]3CCCC[C@@H]32)cc1. The highest BCUT2D eigenvalue weighted by Gasteiger charge is 2.39. The summed E-state index contributed by atoms with van der Waals surface area (Å²) in [5.41, 5.74) is 0.537. The van der Waals surface area contributed by atoms with Gasteiger partial charge in [0.25, 0.3) is 15.9 Å². The number of nitrogens with zero attached hydrogens (tertiary/aromatic N) is 1. The normalized spacial score (nSPS) is 27.0. The first-order valence-corrected chi connectivity index (χ1v) is 10.4. The van der Waals surface area contributed by atoms with Gasteiger partial charge in [0.2, 0.25) is 0 Å². The minimum Gasteiger partial charge on any atom is -0.335 e. The Bertz CT molecular complexity index is 717. The molecule has 2 aliphatic rings. The van der Waals surface area contributed by atoms with Crippen LogP contribution in [0.4, 0.5) is 0 Å². The van der Waals surface area contributed by atoms with E-state index in [4.69, 9.17) is 0 Å². The maximum absolute atomic E-state index is 13.0. The highest BCUT2D eigenvalue weighted by Crippen LogP contribution is 2.39. The second-order valence-corrected chi connectivity index (χ2v) is 8.74. The summed E-state index contributed by atoms with van der Waals surface area (Å²) in [6.45, 7) is 3.08. The Morgan fingerprint density at radius 1 is 1.16 bits per heavy atom. The standard InChI is InChI=1S/C18H26N2O4S/c1-13-11-12-20(17-6-4-3-5-16(13)17)18(21)14-7-9-15(10-8-14)25(22,23)19-24-2/h7-10,13,16-17,19H,3-6,11-12H2,1-2H3/t13-,16+,17-/m0/s1. The molecular formula is C18H26N2O4S. The molecule has 1 aliphatic heterocycles. The molecule has 6 nitrogen and oxygen atoms in total. The van der Waals surface area contributed by atoms with Gasteiger partial charge in [-0.3, -0.25) is 9.63 Å². The Morgan fingerprint density at radius 2 is 1.84 bits per heavy atom. The smallest absolute Gasteiger partial charge is 0.262 e. The largest absolute Gasteiger partial charge is 0.335 e. The molecule has 7 heteroatoms. The summed E-state index contributed by atoms with van der Waals surface area (Å²) in [5.74, 6) is 1.27. The Labute approximate surface area is 149 Å². The molecule has 1 amide bonds. The van der Waals surface area contributed by atoms with Gasteiger partial charge in [0.1, 0.15) is 0 Å². The molecule has 1 heterocycles. The van der Waals surface area contributed by atoms with Gasteiger partial charge in [0, 0.05) is 18.2 Å². The fourth-order valence-electron chi connectivity index (χ4n) is 4.27. The molecule has 2 fully saturated rings. The topological polar surface area (TPSA) is 75.7 Å². The van der Waals surface area contributed by atoms with Crippen molar-refractivity contribution >= 4 is 15.9 Å². The van der Waals surface area contributed by atoms with Gasteiger partial charge in [-0.05, 0) is 55.4 Å². The van der Waals surface area contributed by atoms with E-state index in [0.29, 0.717) is 23.4 Å². The third-order valence-electron chi connectivity index (χ3n) is 5.60. The van der Waals surface area contributed by atoms with E-state index in [9.17, 15) is 13.2 Å². The predicted molar refractivity (Wildman–Crippen MR) is 94.3 cm³/mol. The number of rotatable bonds is 4. The minimum absolute atomic E-state index is 0.00690. The third-order valence-corrected chi connectivity index (χ3v) is 6.88. The number of benzene rings is 1. The summed E-state index contributed by atoms with van der Waals surface area (Å²) in [4.78, 5) is 21.5. The number of likely N-dealkylation sites (tertiary alicyclic amines) is 1. The quantitative estimate of drug-likeness (QED) is 0.831. The van der Waals surface area contributed by atoms with E-state index >= 15 is 0 Å². The van der Waals surface area contributed by atoms with Crippen molar-refractivity contribution in [3.8, 4) is 0 Å². The van der Waals surface area contributed by atoms with E-state index in [0.717, 1.165) is 19.4 Å². The molecule has 25 heavy (non-hydrogen) atoms. The van der Waals surface area contributed by atoms with E-state index in [-0.39, 0.29) is 10.8 Å². The van der Waals surface area contributed by atoms with Gasteiger partial charge in [-0.2, -0.15) is 0 Å². The summed E-state index contributed by atoms with van der Waals surface area (Å²) in [6, 6.07) is 6.38. The number of carbonyl (C=O) groups is 1. The molecule has 1 aromatic carbocycles. The van der Waals surface area contributed by atoms with Gasteiger partial charge in [-0.1, -0.05) is 24.7 Å². The maximum Gasteiger partial charge on any atom is 0.262 e. The Kier molecular flexibility index (Phi) is 5.46. The van der Waals surface area contributed by atoms with Crippen LogP contribution in [-0.2, 0) is 14.9 Å². The second-order valence-electron chi connectivity index (χ2n) is 7.10. The van der Waals surface area contributed by atoms with E-state index in [2.05, 4.69) is 11.8 Å². The zero-order valence-electron chi connectivity index (χ0n) is 14.8. The summed E-state index contributed by atoms with van der Waals surface area (Å²) >= 11 is 0. The molecule has 1 aliphatic carbocycles. The lowest BCUT2D eigenvalue weighted by atomic mass is 9.72. The lowest BCUT2D eigenvalue weighted by Gasteiger charge is -2.47. The first kappa shape index (κ1) is 18.4. The van der Waals surface area contributed by atoms with Crippen LogP contribution in [0, 0.1) is 11.8 Å². The lowest BCUT2D eigenvalue weighted by molar-refractivity contribution is 0.0217. The Hall–Kier alpha value is -1.44. The number of hydrogen-bond donors (Lipinski definition) is 1. The number of nitrogens with one attached hydrogen (secondary N) is 1. The van der Waals surface area contributed by atoms with Crippen LogP contribution in [0.5, 0.6) is 0 Å². The molecule has 0 aromatic heterocycles. The number of piperidine rings is 1. The molecule has 0 unspecified atom stereocenters. The van der Waals surface area contributed by atoms with Gasteiger partial charge >= 0.3 is 0 Å². The van der Waals surface area contributed by atoms with Crippen molar-refractivity contribution in [1.82, 2.24) is 9.79 Å². The van der Waals surface area contributed by atoms with E-state index < -0.39 is 10.0 Å². The van der Waals surface area contributed by atoms with Gasteiger partial charge < -0.3 is 4.90 Å². The molecule has 3 rings (SSSR count). The van der Waals surface area contributed by atoms with Crippen molar-refractivity contribution in [3.63, 3.8) is 0 Å². The zero-order chi connectivity index (χ0) is 18.0. The van der Waals surface area contributed by atoms with Crippen molar-refractivity contribution in [2.24, 2.45) is 11.8 Å². The highest BCUT2D eigenvalue weighted by atomic mass is 32.2. The van der Waals surface area contributed by atoms with E-state index in [1.807, 2.05) is 9.79 Å². The first-order valence-electron chi connectivity index (χ1n) is 8.90. The van der Waals surface area contributed by atoms with Gasteiger partial charge in [-0.15, -0.1) is 0 Å². The van der Waals surface area contributed by atoms with Gasteiger partial charge in [0.15, 0.2) is 0 Å². The summed E-state index contributed by atoms with van der Waals surface area (Å²) in [6.07, 6.45) is 5.75. The molecule has 0 bridgehead atoms. The number of fused-ring (bicyclic) bond motifs is 1. The van der Waals surface area contributed by atoms with E-state index in [1.54, 1.807) is 12.1 Å². The highest BCUT2D eigenvalue weighted by molar-refractivity contribution is 7.89. The van der Waals surface area contributed by atoms with Crippen molar-refractivity contribution < 1.29 is 18.0 Å². The fraction of sp³-hybridized carbons (Fsp3) is 0.611. The molecule has 1 saturated carbocycles. The van der Waals surface area contributed by atoms with Crippen molar-refractivity contribution in [2.45, 2.75) is 50.0 Å². The monoisotopic (exact) mass is 366 g/mol. The van der Waals surface area contributed by atoms with Crippen LogP contribution in [0.25, 0.3) is 0 Å². The van der Waals surface area contributed by atoms with Crippen LogP contribution in [-0.4, -0.2) is 38.9 Å². The first-order chi connectivity index (χ1) is 11.9. The number of amides is 1. The fourth-order valence-corrected chi connectivity index (χ4v) is 5.08. The molecule has 1 aromatic rings. The molecule has 138 valence electrons. The summed E-state index contributed by atoms with van der Waals surface area (Å²) < 4.78 is 23.8. The lowest BCUT2D eigenvalue weighted by Crippen LogP contribution is -2.52. The second kappa shape index (κ2) is 7.43. The van der Waals surface area contributed by atoms with Crippen LogP contribution in [0.3, 0.4) is 0 Å².